The molecule has 15 heavy (non-hydrogen) atoms. The van der Waals surface area contributed by atoms with Gasteiger partial charge in [-0.3, -0.25) is 0 Å². The Bertz CT molecular complexity index is 390. The first kappa shape index (κ1) is 11.8. The van der Waals surface area contributed by atoms with Crippen LogP contribution in [0, 0.1) is 0 Å². The number of rotatable bonds is 3. The molecular weight excluding hydrogens is 268 g/mol. The third-order valence-electron chi connectivity index (χ3n) is 1.82. The molecule has 0 aliphatic heterocycles. The van der Waals surface area contributed by atoms with Gasteiger partial charge >= 0.3 is 5.97 Å². The van der Waals surface area contributed by atoms with Crippen LogP contribution in [0.1, 0.15) is 11.7 Å². The van der Waals surface area contributed by atoms with Gasteiger partial charge in [0, 0.05) is 10.0 Å². The van der Waals surface area contributed by atoms with Gasteiger partial charge in [-0.05, 0) is 12.1 Å². The molecule has 1 aromatic carbocycles. The second-order valence-electron chi connectivity index (χ2n) is 2.79. The second kappa shape index (κ2) is 4.50. The lowest BCUT2D eigenvalue weighted by molar-refractivity contribution is -0.147. The quantitative estimate of drug-likeness (QED) is 0.774. The van der Waals surface area contributed by atoms with E-state index in [0.29, 0.717) is 4.47 Å². The van der Waals surface area contributed by atoms with Gasteiger partial charge in [-0.2, -0.15) is 0 Å². The van der Waals surface area contributed by atoms with Crippen molar-refractivity contribution < 1.29 is 24.9 Å². The Morgan fingerprint density at radius 3 is 2.60 bits per heavy atom. The fourth-order valence-electron chi connectivity index (χ4n) is 1.09. The summed E-state index contributed by atoms with van der Waals surface area (Å²) < 4.78 is 5.32. The summed E-state index contributed by atoms with van der Waals surface area (Å²) in [7, 11) is 1.33. The third-order valence-corrected chi connectivity index (χ3v) is 2.28. The van der Waals surface area contributed by atoms with E-state index in [0.717, 1.165) is 0 Å². The molecule has 0 heterocycles. The molecular formula is C9H9BrO5. The highest BCUT2D eigenvalue weighted by Gasteiger charge is 2.22. The van der Waals surface area contributed by atoms with Gasteiger partial charge < -0.3 is 20.1 Å². The normalized spacial score (nSPS) is 12.2. The predicted octanol–water partition coefficient (Wildman–Crippen LogP) is 1.28. The maximum absolute atomic E-state index is 10.5. The average molecular weight is 277 g/mol. The Morgan fingerprint density at radius 1 is 1.53 bits per heavy atom. The first-order chi connectivity index (χ1) is 6.97. The van der Waals surface area contributed by atoms with Crippen molar-refractivity contribution in [2.24, 2.45) is 0 Å². The molecule has 0 aromatic heterocycles. The van der Waals surface area contributed by atoms with Gasteiger partial charge in [0.15, 0.2) is 17.6 Å². The number of aliphatic hydroxyl groups excluding tert-OH is 1. The number of benzene rings is 1. The molecule has 0 saturated carbocycles. The fourth-order valence-corrected chi connectivity index (χ4v) is 1.55. The average Bonchev–Trinajstić information content (AvgIpc) is 2.19. The van der Waals surface area contributed by atoms with E-state index >= 15 is 0 Å². The summed E-state index contributed by atoms with van der Waals surface area (Å²) in [4.78, 5) is 10.5. The standard InChI is InChI=1S/C9H9BrO5/c1-15-6-3-4(10)2-5(7(6)11)8(12)9(13)14/h2-3,8,11-12H,1H3,(H,13,14)/t8-/m1/s1. The number of hydrogen-bond donors (Lipinski definition) is 3. The number of aromatic hydroxyl groups is 1. The number of halogens is 1. The summed E-state index contributed by atoms with van der Waals surface area (Å²) in [6, 6.07) is 2.78. The van der Waals surface area contributed by atoms with Crippen LogP contribution in [0.25, 0.3) is 0 Å². The Hall–Kier alpha value is -1.27. The van der Waals surface area contributed by atoms with E-state index in [1.54, 1.807) is 0 Å². The van der Waals surface area contributed by atoms with Gasteiger partial charge in [-0.15, -0.1) is 0 Å². The minimum Gasteiger partial charge on any atom is -0.504 e. The van der Waals surface area contributed by atoms with Crippen LogP contribution in [0.5, 0.6) is 11.5 Å². The van der Waals surface area contributed by atoms with Crippen LogP contribution in [0.4, 0.5) is 0 Å². The molecule has 0 spiro atoms. The monoisotopic (exact) mass is 276 g/mol. The van der Waals surface area contributed by atoms with Crippen LogP contribution in [-0.2, 0) is 4.79 Å². The van der Waals surface area contributed by atoms with Crippen molar-refractivity contribution in [1.82, 2.24) is 0 Å². The maximum Gasteiger partial charge on any atom is 0.337 e. The molecule has 82 valence electrons. The first-order valence-corrected chi connectivity index (χ1v) is 4.74. The summed E-state index contributed by atoms with van der Waals surface area (Å²) in [5.41, 5.74) is -0.117. The van der Waals surface area contributed by atoms with E-state index < -0.39 is 12.1 Å². The summed E-state index contributed by atoms with van der Waals surface area (Å²) in [5.74, 6) is -1.72. The van der Waals surface area contributed by atoms with Crippen LogP contribution in [0.2, 0.25) is 0 Å². The number of phenolic OH excluding ortho intramolecular Hbond substituents is 1. The van der Waals surface area contributed by atoms with Crippen molar-refractivity contribution in [1.29, 1.82) is 0 Å². The topological polar surface area (TPSA) is 87.0 Å². The maximum atomic E-state index is 10.5. The number of carbonyl (C=O) groups is 1. The zero-order chi connectivity index (χ0) is 11.6. The van der Waals surface area contributed by atoms with Gasteiger partial charge in [-0.25, -0.2) is 4.79 Å². The zero-order valence-electron chi connectivity index (χ0n) is 7.77. The first-order valence-electron chi connectivity index (χ1n) is 3.94. The van der Waals surface area contributed by atoms with Crippen molar-refractivity contribution in [2.75, 3.05) is 7.11 Å². The number of carboxylic acids is 1. The van der Waals surface area contributed by atoms with Crippen LogP contribution in [0.15, 0.2) is 16.6 Å². The lowest BCUT2D eigenvalue weighted by Crippen LogP contribution is -2.10. The molecule has 1 atom stereocenters. The predicted molar refractivity (Wildman–Crippen MR) is 55.0 cm³/mol. The van der Waals surface area contributed by atoms with Crippen LogP contribution < -0.4 is 4.74 Å². The summed E-state index contributed by atoms with van der Waals surface area (Å²) in [6.45, 7) is 0. The summed E-state index contributed by atoms with van der Waals surface area (Å²) in [6.07, 6.45) is -1.78. The molecule has 0 aliphatic rings. The highest BCUT2D eigenvalue weighted by Crippen LogP contribution is 2.36. The zero-order valence-corrected chi connectivity index (χ0v) is 9.35. The number of hydrogen-bond acceptors (Lipinski definition) is 4. The Morgan fingerprint density at radius 2 is 2.13 bits per heavy atom. The minimum atomic E-state index is -1.78. The number of methoxy groups -OCH3 is 1. The third kappa shape index (κ3) is 2.40. The van der Waals surface area contributed by atoms with E-state index in [1.165, 1.54) is 19.2 Å². The van der Waals surface area contributed by atoms with E-state index in [1.807, 2.05) is 0 Å². The molecule has 3 N–H and O–H groups in total. The Labute approximate surface area is 94.1 Å². The fraction of sp³-hybridized carbons (Fsp3) is 0.222. The highest BCUT2D eigenvalue weighted by molar-refractivity contribution is 9.10. The molecule has 1 rings (SSSR count). The molecule has 0 fully saturated rings. The van der Waals surface area contributed by atoms with E-state index in [-0.39, 0.29) is 17.1 Å². The van der Waals surface area contributed by atoms with E-state index in [9.17, 15) is 15.0 Å². The molecule has 6 heteroatoms. The van der Waals surface area contributed by atoms with Gasteiger partial charge in [0.05, 0.1) is 7.11 Å². The molecule has 0 aliphatic carbocycles. The van der Waals surface area contributed by atoms with Crippen molar-refractivity contribution in [3.63, 3.8) is 0 Å². The lowest BCUT2D eigenvalue weighted by Gasteiger charge is -2.12. The molecule has 0 bridgehead atoms. The van der Waals surface area contributed by atoms with Gasteiger partial charge in [0.2, 0.25) is 0 Å². The summed E-state index contributed by atoms with van der Waals surface area (Å²) >= 11 is 3.11. The van der Waals surface area contributed by atoms with Crippen LogP contribution >= 0.6 is 15.9 Å². The number of aliphatic hydroxyl groups is 1. The van der Waals surface area contributed by atoms with Crippen molar-refractivity contribution in [3.05, 3.63) is 22.2 Å². The highest BCUT2D eigenvalue weighted by atomic mass is 79.9. The lowest BCUT2D eigenvalue weighted by atomic mass is 10.1. The number of ether oxygens (including phenoxy) is 1. The summed E-state index contributed by atoms with van der Waals surface area (Å²) in [5, 5.41) is 27.4. The molecule has 1 aromatic rings. The largest absolute Gasteiger partial charge is 0.504 e. The second-order valence-corrected chi connectivity index (χ2v) is 3.70. The van der Waals surface area contributed by atoms with Gasteiger partial charge in [-0.1, -0.05) is 15.9 Å². The SMILES string of the molecule is COc1cc(Br)cc([C@@H](O)C(=O)O)c1O. The van der Waals surface area contributed by atoms with E-state index in [4.69, 9.17) is 9.84 Å². The van der Waals surface area contributed by atoms with E-state index in [2.05, 4.69) is 15.9 Å². The molecule has 5 nitrogen and oxygen atoms in total. The number of aliphatic carboxylic acids is 1. The Balaban J connectivity index is 3.28. The molecule has 0 saturated heterocycles. The molecule has 0 radical (unpaired) electrons. The van der Waals surface area contributed by atoms with Crippen LogP contribution in [0.3, 0.4) is 0 Å². The van der Waals surface area contributed by atoms with Gasteiger partial charge in [0.1, 0.15) is 0 Å². The minimum absolute atomic E-state index is 0.0969. The number of carboxylic acid groups (broad SMARTS) is 1. The van der Waals surface area contributed by atoms with Crippen molar-refractivity contribution in [3.8, 4) is 11.5 Å². The number of phenols is 1. The van der Waals surface area contributed by atoms with Gasteiger partial charge in [0.25, 0.3) is 0 Å². The van der Waals surface area contributed by atoms with Crippen molar-refractivity contribution in [2.45, 2.75) is 6.10 Å². The molecule has 0 amide bonds. The smallest absolute Gasteiger partial charge is 0.337 e. The molecule has 0 unspecified atom stereocenters. The van der Waals surface area contributed by atoms with Crippen molar-refractivity contribution >= 4 is 21.9 Å². The van der Waals surface area contributed by atoms with Crippen LogP contribution in [-0.4, -0.2) is 28.4 Å². The Kier molecular flexibility index (Phi) is 3.54.